The van der Waals surface area contributed by atoms with Crippen LogP contribution in [0.15, 0.2) is 48.6 Å². The fraction of sp³-hybridized carbons (Fsp3) is 0.571. The summed E-state index contributed by atoms with van der Waals surface area (Å²) < 4.78 is 44.3. The Labute approximate surface area is 281 Å². The molecule has 0 radical (unpaired) electrons. The molecule has 2 bridgehead atoms. The van der Waals surface area contributed by atoms with E-state index in [4.69, 9.17) is 20.8 Å². The first-order valence-corrected chi connectivity index (χ1v) is 21.4. The van der Waals surface area contributed by atoms with Crippen LogP contribution in [0.2, 0.25) is 23.2 Å². The van der Waals surface area contributed by atoms with Crippen LogP contribution in [0.1, 0.15) is 81.3 Å². The molecule has 8 nitrogen and oxygen atoms in total. The van der Waals surface area contributed by atoms with E-state index < -0.39 is 30.5 Å². The summed E-state index contributed by atoms with van der Waals surface area (Å²) in [5.41, 5.74) is 3.35. The Kier molecular flexibility index (Phi) is 10.6. The van der Waals surface area contributed by atoms with Crippen LogP contribution in [0, 0.1) is 11.8 Å². The molecule has 0 saturated heterocycles. The van der Waals surface area contributed by atoms with Crippen LogP contribution >= 0.6 is 11.6 Å². The molecule has 3 aliphatic rings. The lowest BCUT2D eigenvalue weighted by Gasteiger charge is -2.47. The number of benzene rings is 2. The third kappa shape index (κ3) is 8.37. The van der Waals surface area contributed by atoms with E-state index in [1.54, 1.807) is 25.1 Å². The zero-order valence-electron chi connectivity index (χ0n) is 28.1. The van der Waals surface area contributed by atoms with Gasteiger partial charge >= 0.3 is 10.2 Å². The SMILES string of the molecule is C[C@H]1C/C=C/[C@H](O[Si](C)(C)C(C)(C)C)[C@@H]2CC[C@H]2CN2CCCCc3cc(Cl)ccc3COc3ccc(cc32)C(=O)NS(=O)(=O)N1. The lowest BCUT2D eigenvalue weighted by Crippen LogP contribution is -2.50. The summed E-state index contributed by atoms with van der Waals surface area (Å²) in [6, 6.07) is 10.7. The van der Waals surface area contributed by atoms with Gasteiger partial charge in [-0.15, -0.1) is 0 Å². The molecule has 2 aromatic carbocycles. The Morgan fingerprint density at radius 3 is 2.57 bits per heavy atom. The first kappa shape index (κ1) is 34.9. The number of ether oxygens (including phenoxy) is 1. The average molecular weight is 688 g/mol. The van der Waals surface area contributed by atoms with Crippen molar-refractivity contribution in [2.24, 2.45) is 11.8 Å². The maximum atomic E-state index is 13.3. The second-order valence-corrected chi connectivity index (χ2v) is 21.4. The third-order valence-electron chi connectivity index (χ3n) is 10.2. The van der Waals surface area contributed by atoms with Crippen molar-refractivity contribution in [1.82, 2.24) is 9.44 Å². The lowest BCUT2D eigenvalue weighted by molar-refractivity contribution is 0.0530. The second-order valence-electron chi connectivity index (χ2n) is 14.7. The standard InChI is InChI=1S/C35H50ClN3O5SSi/c1-24-10-9-12-32(44-46(5,6)35(2,3)4)30-17-14-27(30)22-39-19-8-7-11-25-20-29(36)16-13-28(25)23-43-33-18-15-26(21-31(33)39)34(40)38-45(41,42)37-24/h9,12-13,15-16,18,20-21,24,27,30,32,37H,7-8,10-11,14,17,19,22-23H2,1-6H3,(H,38,40)/b12-9+/t24-,27-,30+,32-/m0/s1. The number of nitrogens with one attached hydrogen (secondary N) is 2. The minimum atomic E-state index is -4.09. The van der Waals surface area contributed by atoms with Crippen LogP contribution in [0.5, 0.6) is 5.75 Å². The number of rotatable bonds is 2. The molecular weight excluding hydrogens is 638 g/mol. The summed E-state index contributed by atoms with van der Waals surface area (Å²) in [4.78, 5) is 15.6. The Morgan fingerprint density at radius 1 is 1.07 bits per heavy atom. The zero-order chi connectivity index (χ0) is 33.3. The van der Waals surface area contributed by atoms with Gasteiger partial charge in [0.05, 0.1) is 11.8 Å². The van der Waals surface area contributed by atoms with E-state index in [0.29, 0.717) is 35.6 Å². The number of halogens is 1. The summed E-state index contributed by atoms with van der Waals surface area (Å²) in [7, 11) is -6.19. The number of aryl methyl sites for hydroxylation is 1. The molecule has 2 aromatic rings. The molecular formula is C35H50ClN3O5SSi. The van der Waals surface area contributed by atoms with Crippen molar-refractivity contribution < 1.29 is 22.4 Å². The summed E-state index contributed by atoms with van der Waals surface area (Å²) in [6.45, 7) is 15.1. The van der Waals surface area contributed by atoms with Crippen LogP contribution in [-0.2, 0) is 27.7 Å². The highest BCUT2D eigenvalue weighted by molar-refractivity contribution is 7.88. The number of hydrogen-bond acceptors (Lipinski definition) is 6. The fourth-order valence-electron chi connectivity index (χ4n) is 6.34. The number of amides is 1. The van der Waals surface area contributed by atoms with Gasteiger partial charge in [0.25, 0.3) is 5.91 Å². The highest BCUT2D eigenvalue weighted by Crippen LogP contribution is 2.45. The van der Waals surface area contributed by atoms with E-state index in [-0.39, 0.29) is 16.7 Å². The maximum absolute atomic E-state index is 13.3. The van der Waals surface area contributed by atoms with Crippen LogP contribution in [0.25, 0.3) is 0 Å². The van der Waals surface area contributed by atoms with Gasteiger partial charge in [-0.2, -0.15) is 13.1 Å². The smallest absolute Gasteiger partial charge is 0.301 e. The highest BCUT2D eigenvalue weighted by Gasteiger charge is 2.44. The van der Waals surface area contributed by atoms with Gasteiger partial charge in [-0.25, -0.2) is 4.72 Å². The predicted molar refractivity (Wildman–Crippen MR) is 188 cm³/mol. The lowest BCUT2D eigenvalue weighted by atomic mass is 9.70. The number of carbonyl (C=O) groups is 1. The molecule has 46 heavy (non-hydrogen) atoms. The van der Waals surface area contributed by atoms with Crippen molar-refractivity contribution in [3.8, 4) is 5.75 Å². The number of hydrogen-bond donors (Lipinski definition) is 2. The summed E-state index contributed by atoms with van der Waals surface area (Å²) in [6.07, 6.45) is 9.64. The first-order chi connectivity index (χ1) is 21.6. The van der Waals surface area contributed by atoms with Crippen molar-refractivity contribution in [1.29, 1.82) is 0 Å². The molecule has 1 aliphatic carbocycles. The van der Waals surface area contributed by atoms with E-state index >= 15 is 0 Å². The van der Waals surface area contributed by atoms with E-state index in [1.165, 1.54) is 5.56 Å². The molecule has 1 fully saturated rings. The van der Waals surface area contributed by atoms with E-state index in [2.05, 4.69) is 54.3 Å². The molecule has 252 valence electrons. The molecule has 0 unspecified atom stereocenters. The van der Waals surface area contributed by atoms with E-state index in [1.807, 2.05) is 24.3 Å². The molecule has 2 N–H and O–H groups in total. The van der Waals surface area contributed by atoms with Gasteiger partial charge in [0.15, 0.2) is 8.32 Å². The summed E-state index contributed by atoms with van der Waals surface area (Å²) >= 11 is 6.35. The molecule has 2 heterocycles. The zero-order valence-corrected chi connectivity index (χ0v) is 30.6. The second kappa shape index (κ2) is 14.0. The molecule has 11 heteroatoms. The predicted octanol–water partition coefficient (Wildman–Crippen LogP) is 7.39. The van der Waals surface area contributed by atoms with Crippen LogP contribution in [0.4, 0.5) is 5.69 Å². The van der Waals surface area contributed by atoms with Crippen LogP contribution in [-0.4, -0.2) is 47.9 Å². The first-order valence-electron chi connectivity index (χ1n) is 16.6. The van der Waals surface area contributed by atoms with Crippen molar-refractivity contribution in [2.75, 3.05) is 18.0 Å². The van der Waals surface area contributed by atoms with E-state index in [9.17, 15) is 13.2 Å². The molecule has 1 amide bonds. The monoisotopic (exact) mass is 687 g/mol. The van der Waals surface area contributed by atoms with Crippen molar-refractivity contribution >= 4 is 41.7 Å². The summed E-state index contributed by atoms with van der Waals surface area (Å²) in [5, 5.41) is 0.775. The van der Waals surface area contributed by atoms with Gasteiger partial charge < -0.3 is 14.1 Å². The molecule has 5 rings (SSSR count). The molecule has 2 aliphatic heterocycles. The van der Waals surface area contributed by atoms with E-state index in [0.717, 1.165) is 56.4 Å². The van der Waals surface area contributed by atoms with Gasteiger partial charge in [0.2, 0.25) is 0 Å². The minimum Gasteiger partial charge on any atom is -0.487 e. The quantitative estimate of drug-likeness (QED) is 0.253. The number of carbonyl (C=O) groups excluding carboxylic acids is 1. The Balaban J connectivity index is 1.54. The van der Waals surface area contributed by atoms with Crippen molar-refractivity contribution in [2.45, 2.75) is 103 Å². The average Bonchev–Trinajstić information content (AvgIpc) is 2.96. The van der Waals surface area contributed by atoms with Gasteiger partial charge in [0.1, 0.15) is 12.4 Å². The van der Waals surface area contributed by atoms with Gasteiger partial charge in [-0.3, -0.25) is 4.79 Å². The van der Waals surface area contributed by atoms with Crippen LogP contribution in [0.3, 0.4) is 0 Å². The van der Waals surface area contributed by atoms with Gasteiger partial charge in [-0.05, 0) is 117 Å². The fourth-order valence-corrected chi connectivity index (χ4v) is 8.87. The number of anilines is 1. The molecule has 0 aromatic heterocycles. The Hall–Kier alpha value is -2.37. The third-order valence-corrected chi connectivity index (χ3v) is 16.1. The van der Waals surface area contributed by atoms with Crippen molar-refractivity contribution in [3.05, 3.63) is 70.3 Å². The molecule has 4 atom stereocenters. The normalized spacial score (nSPS) is 26.7. The Bertz CT molecular complexity index is 1560. The highest BCUT2D eigenvalue weighted by atomic mass is 35.5. The topological polar surface area (TPSA) is 97.0 Å². The largest absolute Gasteiger partial charge is 0.487 e. The molecule has 0 spiro atoms. The molecule has 1 saturated carbocycles. The number of nitrogens with zero attached hydrogens (tertiary/aromatic N) is 1. The Morgan fingerprint density at radius 2 is 1.85 bits per heavy atom. The maximum Gasteiger partial charge on any atom is 0.301 e. The van der Waals surface area contributed by atoms with Gasteiger partial charge in [0, 0.05) is 29.7 Å². The van der Waals surface area contributed by atoms with Gasteiger partial charge in [-0.1, -0.05) is 50.6 Å². The number of fused-ring (bicyclic) bond motifs is 3. The summed E-state index contributed by atoms with van der Waals surface area (Å²) in [5.74, 6) is 0.726. The van der Waals surface area contributed by atoms with Crippen molar-refractivity contribution in [3.63, 3.8) is 0 Å². The van der Waals surface area contributed by atoms with Crippen LogP contribution < -0.4 is 19.1 Å². The minimum absolute atomic E-state index is 0.0544.